The number of likely N-dealkylation sites (N-methyl/N-ethyl adjacent to an activating group) is 1. The van der Waals surface area contributed by atoms with E-state index in [0.29, 0.717) is 12.1 Å². The monoisotopic (exact) mass is 295 g/mol. The normalized spacial score (nSPS) is 24.7. The first-order valence-electron chi connectivity index (χ1n) is 7.88. The lowest BCUT2D eigenvalue weighted by Gasteiger charge is -2.39. The summed E-state index contributed by atoms with van der Waals surface area (Å²) in [5.41, 5.74) is 8.52. The van der Waals surface area contributed by atoms with Gasteiger partial charge in [0.2, 0.25) is 0 Å². The molecule has 2 aliphatic rings. The number of nitrogens with zero attached hydrogens (tertiary/aromatic N) is 4. The molecular weight excluding hydrogens is 274 g/mol. The second kappa shape index (κ2) is 5.25. The van der Waals surface area contributed by atoms with Crippen molar-refractivity contribution in [2.75, 3.05) is 30.8 Å². The van der Waals surface area contributed by atoms with E-state index in [2.05, 4.69) is 33.1 Å². The molecule has 2 N–H and O–H groups in total. The fourth-order valence-corrected chi connectivity index (χ4v) is 3.67. The van der Waals surface area contributed by atoms with Crippen LogP contribution >= 0.6 is 0 Å². The van der Waals surface area contributed by atoms with Crippen LogP contribution in [-0.4, -0.2) is 47.3 Å². The molecule has 22 heavy (non-hydrogen) atoms. The molecule has 3 heterocycles. The standard InChI is InChI=1S/C17H21N5/c1-21-12-6-7-13(21)11-22(10-12)17-9-8-16(19-20-17)14-4-2-3-5-15(14)18/h2-5,8-9,12-13H,6-7,10-11,18H2,1H3. The Balaban J connectivity index is 1.57. The van der Waals surface area contributed by atoms with Crippen LogP contribution < -0.4 is 10.6 Å². The number of hydrogen-bond acceptors (Lipinski definition) is 5. The van der Waals surface area contributed by atoms with Crippen LogP contribution in [-0.2, 0) is 0 Å². The van der Waals surface area contributed by atoms with E-state index in [9.17, 15) is 0 Å². The van der Waals surface area contributed by atoms with Gasteiger partial charge in [0.05, 0.1) is 5.69 Å². The largest absolute Gasteiger partial charge is 0.398 e. The van der Waals surface area contributed by atoms with E-state index in [0.717, 1.165) is 35.9 Å². The number of aromatic nitrogens is 2. The van der Waals surface area contributed by atoms with Crippen LogP contribution in [0.3, 0.4) is 0 Å². The van der Waals surface area contributed by atoms with Crippen molar-refractivity contribution in [2.45, 2.75) is 24.9 Å². The first kappa shape index (κ1) is 13.5. The minimum Gasteiger partial charge on any atom is -0.398 e. The summed E-state index contributed by atoms with van der Waals surface area (Å²) >= 11 is 0. The van der Waals surface area contributed by atoms with Gasteiger partial charge in [-0.1, -0.05) is 18.2 Å². The van der Waals surface area contributed by atoms with Crippen molar-refractivity contribution in [3.05, 3.63) is 36.4 Å². The van der Waals surface area contributed by atoms with Crippen molar-refractivity contribution in [1.29, 1.82) is 0 Å². The Hall–Kier alpha value is -2.14. The van der Waals surface area contributed by atoms with E-state index in [1.165, 1.54) is 12.8 Å². The Morgan fingerprint density at radius 3 is 2.36 bits per heavy atom. The van der Waals surface area contributed by atoms with Gasteiger partial charge in [0.15, 0.2) is 5.82 Å². The van der Waals surface area contributed by atoms with E-state index < -0.39 is 0 Å². The van der Waals surface area contributed by atoms with Gasteiger partial charge in [-0.05, 0) is 38.1 Å². The highest BCUT2D eigenvalue weighted by Crippen LogP contribution is 2.31. The predicted molar refractivity (Wildman–Crippen MR) is 88.7 cm³/mol. The second-order valence-corrected chi connectivity index (χ2v) is 6.32. The summed E-state index contributed by atoms with van der Waals surface area (Å²) in [5.74, 6) is 0.975. The van der Waals surface area contributed by atoms with Crippen molar-refractivity contribution in [3.63, 3.8) is 0 Å². The molecule has 2 bridgehead atoms. The van der Waals surface area contributed by atoms with Gasteiger partial charge in [-0.25, -0.2) is 0 Å². The summed E-state index contributed by atoms with van der Waals surface area (Å²) in [6, 6.07) is 13.2. The van der Waals surface area contributed by atoms with Gasteiger partial charge >= 0.3 is 0 Å². The summed E-state index contributed by atoms with van der Waals surface area (Å²) in [4.78, 5) is 4.89. The predicted octanol–water partition coefficient (Wildman–Crippen LogP) is 2.01. The maximum atomic E-state index is 6.01. The fraction of sp³-hybridized carbons (Fsp3) is 0.412. The highest BCUT2D eigenvalue weighted by molar-refractivity contribution is 5.73. The van der Waals surface area contributed by atoms with Gasteiger partial charge in [0, 0.05) is 36.4 Å². The molecule has 114 valence electrons. The lowest BCUT2D eigenvalue weighted by atomic mass is 10.1. The molecule has 2 saturated heterocycles. The molecule has 2 aliphatic heterocycles. The molecule has 2 unspecified atom stereocenters. The van der Waals surface area contributed by atoms with Crippen LogP contribution in [0.2, 0.25) is 0 Å². The van der Waals surface area contributed by atoms with E-state index in [1.54, 1.807) is 0 Å². The fourth-order valence-electron chi connectivity index (χ4n) is 3.67. The van der Waals surface area contributed by atoms with Crippen LogP contribution in [0.25, 0.3) is 11.3 Å². The Labute approximate surface area is 130 Å². The van der Waals surface area contributed by atoms with Crippen LogP contribution in [0.1, 0.15) is 12.8 Å². The van der Waals surface area contributed by atoms with E-state index in [-0.39, 0.29) is 0 Å². The van der Waals surface area contributed by atoms with Crippen molar-refractivity contribution in [3.8, 4) is 11.3 Å². The zero-order valence-corrected chi connectivity index (χ0v) is 12.8. The van der Waals surface area contributed by atoms with E-state index >= 15 is 0 Å². The summed E-state index contributed by atoms with van der Waals surface area (Å²) in [5, 5.41) is 8.83. The number of hydrogen-bond donors (Lipinski definition) is 1. The number of para-hydroxylation sites is 1. The average Bonchev–Trinajstić information content (AvgIpc) is 2.76. The Kier molecular flexibility index (Phi) is 3.22. The first-order chi connectivity index (χ1) is 10.7. The summed E-state index contributed by atoms with van der Waals surface area (Å²) < 4.78 is 0. The lowest BCUT2D eigenvalue weighted by Crippen LogP contribution is -2.52. The quantitative estimate of drug-likeness (QED) is 0.859. The SMILES string of the molecule is CN1C2CCC1CN(c1ccc(-c3ccccc3N)nn1)C2. The zero-order chi connectivity index (χ0) is 15.1. The third-order valence-electron chi connectivity index (χ3n) is 5.06. The number of rotatable bonds is 2. The zero-order valence-electron chi connectivity index (χ0n) is 12.8. The summed E-state index contributed by atoms with van der Waals surface area (Å²) in [6.45, 7) is 2.10. The highest BCUT2D eigenvalue weighted by atomic mass is 15.3. The van der Waals surface area contributed by atoms with Crippen LogP contribution in [0.15, 0.2) is 36.4 Å². The van der Waals surface area contributed by atoms with Crippen molar-refractivity contribution < 1.29 is 0 Å². The number of piperazine rings is 1. The molecule has 2 aromatic rings. The molecule has 1 aromatic heterocycles. The van der Waals surface area contributed by atoms with Crippen molar-refractivity contribution in [2.24, 2.45) is 0 Å². The summed E-state index contributed by atoms with van der Waals surface area (Å²) in [7, 11) is 2.24. The molecular formula is C17H21N5. The number of anilines is 2. The topological polar surface area (TPSA) is 58.3 Å². The third-order valence-corrected chi connectivity index (χ3v) is 5.06. The maximum Gasteiger partial charge on any atom is 0.151 e. The highest BCUT2D eigenvalue weighted by Gasteiger charge is 2.37. The molecule has 0 spiro atoms. The van der Waals surface area contributed by atoms with Gasteiger partial charge in [0.25, 0.3) is 0 Å². The van der Waals surface area contributed by atoms with Gasteiger partial charge < -0.3 is 10.6 Å². The lowest BCUT2D eigenvalue weighted by molar-refractivity contribution is 0.211. The molecule has 0 aliphatic carbocycles. The molecule has 2 atom stereocenters. The molecule has 4 rings (SSSR count). The Bertz CT molecular complexity index is 655. The molecule has 0 saturated carbocycles. The van der Waals surface area contributed by atoms with Gasteiger partial charge in [0.1, 0.15) is 0 Å². The summed E-state index contributed by atoms with van der Waals surface area (Å²) in [6.07, 6.45) is 2.59. The Morgan fingerprint density at radius 2 is 1.73 bits per heavy atom. The smallest absolute Gasteiger partial charge is 0.151 e. The minimum atomic E-state index is 0.657. The third kappa shape index (κ3) is 2.22. The number of benzene rings is 1. The van der Waals surface area contributed by atoms with Crippen molar-refractivity contribution in [1.82, 2.24) is 15.1 Å². The van der Waals surface area contributed by atoms with E-state index in [1.807, 2.05) is 30.3 Å². The maximum absolute atomic E-state index is 6.01. The number of nitrogens with two attached hydrogens (primary N) is 1. The number of nitrogen functional groups attached to an aromatic ring is 1. The van der Waals surface area contributed by atoms with Gasteiger partial charge in [-0.2, -0.15) is 0 Å². The second-order valence-electron chi connectivity index (χ2n) is 6.32. The van der Waals surface area contributed by atoms with Crippen LogP contribution in [0.4, 0.5) is 11.5 Å². The average molecular weight is 295 g/mol. The molecule has 5 nitrogen and oxygen atoms in total. The Morgan fingerprint density at radius 1 is 1.00 bits per heavy atom. The molecule has 5 heteroatoms. The van der Waals surface area contributed by atoms with Crippen LogP contribution in [0, 0.1) is 0 Å². The first-order valence-corrected chi connectivity index (χ1v) is 7.88. The van der Waals surface area contributed by atoms with Gasteiger partial charge in [-0.3, -0.25) is 4.90 Å². The molecule has 0 amide bonds. The van der Waals surface area contributed by atoms with Crippen molar-refractivity contribution >= 4 is 11.5 Å². The van der Waals surface area contributed by atoms with Gasteiger partial charge in [-0.15, -0.1) is 10.2 Å². The molecule has 1 aromatic carbocycles. The minimum absolute atomic E-state index is 0.657. The number of fused-ring (bicyclic) bond motifs is 2. The molecule has 2 fully saturated rings. The van der Waals surface area contributed by atoms with E-state index in [4.69, 9.17) is 5.73 Å². The van der Waals surface area contributed by atoms with Crippen LogP contribution in [0.5, 0.6) is 0 Å². The molecule has 0 radical (unpaired) electrons.